The Kier molecular flexibility index (Phi) is 6.40. The van der Waals surface area contributed by atoms with Crippen molar-refractivity contribution in [1.82, 2.24) is 30.2 Å². The van der Waals surface area contributed by atoms with Crippen molar-refractivity contribution in [2.75, 3.05) is 11.5 Å². The van der Waals surface area contributed by atoms with E-state index in [0.29, 0.717) is 21.4 Å². The second kappa shape index (κ2) is 9.11. The van der Waals surface area contributed by atoms with Crippen LogP contribution in [0.3, 0.4) is 0 Å². The van der Waals surface area contributed by atoms with Crippen LogP contribution in [0.2, 0.25) is 0 Å². The molecule has 0 bridgehead atoms. The van der Waals surface area contributed by atoms with E-state index in [9.17, 15) is 29.6 Å². The summed E-state index contributed by atoms with van der Waals surface area (Å²) in [5.41, 5.74) is 0.268. The van der Waals surface area contributed by atoms with Gasteiger partial charge >= 0.3 is 11.7 Å². The predicted molar refractivity (Wildman–Crippen MR) is 119 cm³/mol. The quantitative estimate of drug-likeness (QED) is 0.224. The third kappa shape index (κ3) is 4.45. The van der Waals surface area contributed by atoms with Crippen molar-refractivity contribution in [3.63, 3.8) is 0 Å². The minimum atomic E-state index is -1.21. The Morgan fingerprint density at radius 3 is 2.82 bits per heavy atom. The number of nitrogens with zero attached hydrogens (tertiary/aromatic N) is 6. The summed E-state index contributed by atoms with van der Waals surface area (Å²) in [4.78, 5) is 48.7. The van der Waals surface area contributed by atoms with Gasteiger partial charge in [0.2, 0.25) is 5.91 Å². The SMILES string of the molecule is Cc1nnc(SCC2=C(C(=O)O)N3C(=O)[C@H](NC(=O)[C@@H](C)n4cc([N+](=O)[O-])cn4)[C@H]3SC2)s1. The van der Waals surface area contributed by atoms with Gasteiger partial charge in [-0.2, -0.15) is 5.10 Å². The first-order chi connectivity index (χ1) is 15.7. The molecule has 3 atom stereocenters. The monoisotopic (exact) mass is 511 g/mol. The van der Waals surface area contributed by atoms with Gasteiger partial charge in [-0.25, -0.2) is 4.79 Å². The van der Waals surface area contributed by atoms with Crippen molar-refractivity contribution >= 4 is 58.3 Å². The number of β-lactam (4-membered cyclic amide) rings is 1. The maximum absolute atomic E-state index is 12.8. The van der Waals surface area contributed by atoms with Crippen LogP contribution in [0.4, 0.5) is 5.69 Å². The summed E-state index contributed by atoms with van der Waals surface area (Å²) in [6.07, 6.45) is 2.16. The van der Waals surface area contributed by atoms with Gasteiger partial charge in [-0.3, -0.25) is 29.3 Å². The highest BCUT2D eigenvalue weighted by molar-refractivity contribution is 8.01. The van der Waals surface area contributed by atoms with Crippen LogP contribution in [0.5, 0.6) is 0 Å². The van der Waals surface area contributed by atoms with E-state index < -0.39 is 40.2 Å². The molecule has 1 saturated heterocycles. The molecule has 2 aromatic heterocycles. The van der Waals surface area contributed by atoms with Crippen molar-refractivity contribution in [3.05, 3.63) is 38.8 Å². The van der Waals surface area contributed by atoms with Crippen molar-refractivity contribution < 1.29 is 24.4 Å². The molecule has 0 saturated carbocycles. The second-order valence-corrected chi connectivity index (χ2v) is 10.6. The fourth-order valence-corrected chi connectivity index (χ4v) is 6.61. The molecule has 13 nitrogen and oxygen atoms in total. The van der Waals surface area contributed by atoms with Crippen LogP contribution in [-0.2, 0) is 14.4 Å². The van der Waals surface area contributed by atoms with Gasteiger partial charge in [0.15, 0.2) is 4.34 Å². The smallest absolute Gasteiger partial charge is 0.352 e. The van der Waals surface area contributed by atoms with Gasteiger partial charge in [-0.15, -0.1) is 22.0 Å². The van der Waals surface area contributed by atoms with Crippen LogP contribution in [0.1, 0.15) is 18.0 Å². The Balaban J connectivity index is 1.44. The van der Waals surface area contributed by atoms with E-state index >= 15 is 0 Å². The number of fused-ring (bicyclic) bond motifs is 1. The summed E-state index contributed by atoms with van der Waals surface area (Å²) in [7, 11) is 0. The predicted octanol–water partition coefficient (Wildman–Crippen LogP) is 1.04. The van der Waals surface area contributed by atoms with Gasteiger partial charge < -0.3 is 10.4 Å². The first-order valence-electron chi connectivity index (χ1n) is 9.49. The van der Waals surface area contributed by atoms with E-state index in [1.165, 1.54) is 46.7 Å². The van der Waals surface area contributed by atoms with Gasteiger partial charge in [0.05, 0.1) is 4.92 Å². The molecular formula is C17H17N7O6S3. The van der Waals surface area contributed by atoms with Crippen molar-refractivity contribution in [2.24, 2.45) is 0 Å². The molecule has 16 heteroatoms. The molecule has 0 spiro atoms. The number of rotatable bonds is 8. The highest BCUT2D eigenvalue weighted by atomic mass is 32.2. The summed E-state index contributed by atoms with van der Waals surface area (Å²) in [5.74, 6) is -1.55. The van der Waals surface area contributed by atoms with Crippen LogP contribution in [0.15, 0.2) is 28.0 Å². The van der Waals surface area contributed by atoms with Gasteiger partial charge in [0.25, 0.3) is 5.91 Å². The lowest BCUT2D eigenvalue weighted by Gasteiger charge is -2.49. The molecule has 174 valence electrons. The molecule has 2 aromatic rings. The molecule has 33 heavy (non-hydrogen) atoms. The molecule has 0 radical (unpaired) electrons. The second-order valence-electron chi connectivity index (χ2n) is 7.14. The van der Waals surface area contributed by atoms with E-state index in [-0.39, 0.29) is 11.4 Å². The molecule has 2 N–H and O–H groups in total. The van der Waals surface area contributed by atoms with Crippen LogP contribution < -0.4 is 5.32 Å². The van der Waals surface area contributed by atoms with E-state index in [2.05, 4.69) is 20.6 Å². The lowest BCUT2D eigenvalue weighted by atomic mass is 10.0. The molecule has 2 amide bonds. The largest absolute Gasteiger partial charge is 0.477 e. The van der Waals surface area contributed by atoms with Crippen LogP contribution in [0, 0.1) is 17.0 Å². The maximum Gasteiger partial charge on any atom is 0.352 e. The number of hydrogen-bond donors (Lipinski definition) is 2. The Labute approximate surface area is 198 Å². The third-order valence-corrected chi connectivity index (χ3v) is 8.40. The molecule has 4 heterocycles. The topological polar surface area (TPSA) is 173 Å². The number of carboxylic acid groups (broad SMARTS) is 1. The molecule has 2 aliphatic rings. The Morgan fingerprint density at radius 1 is 1.45 bits per heavy atom. The number of amides is 2. The maximum atomic E-state index is 12.8. The number of carbonyl (C=O) groups excluding carboxylic acids is 2. The lowest BCUT2D eigenvalue weighted by Crippen LogP contribution is -2.71. The molecule has 1 fully saturated rings. The van der Waals surface area contributed by atoms with Crippen molar-refractivity contribution in [3.8, 4) is 0 Å². The number of nitro groups is 1. The average molecular weight is 512 g/mol. The Bertz CT molecular complexity index is 1180. The fraction of sp³-hybridized carbons (Fsp3) is 0.412. The molecule has 2 aliphatic heterocycles. The minimum Gasteiger partial charge on any atom is -0.477 e. The average Bonchev–Trinajstić information content (AvgIpc) is 3.43. The highest BCUT2D eigenvalue weighted by Gasteiger charge is 2.54. The Hall–Kier alpha value is -2.98. The zero-order chi connectivity index (χ0) is 23.9. The number of hydrogen-bond acceptors (Lipinski definition) is 11. The van der Waals surface area contributed by atoms with Gasteiger partial charge in [0, 0.05) is 11.5 Å². The summed E-state index contributed by atoms with van der Waals surface area (Å²) < 4.78 is 1.85. The van der Waals surface area contributed by atoms with Gasteiger partial charge in [-0.05, 0) is 19.4 Å². The summed E-state index contributed by atoms with van der Waals surface area (Å²) in [6, 6.07) is -1.80. The number of nitrogens with one attached hydrogen (secondary N) is 1. The number of carboxylic acids is 1. The number of carbonyl (C=O) groups is 3. The molecule has 0 unspecified atom stereocenters. The standard InChI is InChI=1S/C17H17N7O6S3/c1-7(22-4-10(3-18-22)24(29)30)13(25)19-11-14(26)23-12(16(27)28)9(5-31-15(11)23)6-32-17-21-20-8(2)33-17/h3-4,7,11,15H,5-6H2,1-2H3,(H,19,25)(H,27,28)/t7-,11+,15-/m1/s1. The first-order valence-corrected chi connectivity index (χ1v) is 12.3. The number of aryl methyl sites for hydroxylation is 1. The normalized spacial score (nSPS) is 20.8. The van der Waals surface area contributed by atoms with Crippen molar-refractivity contribution in [2.45, 2.75) is 35.6 Å². The molecular weight excluding hydrogens is 494 g/mol. The highest BCUT2D eigenvalue weighted by Crippen LogP contribution is 2.41. The zero-order valence-electron chi connectivity index (χ0n) is 17.2. The fourth-order valence-electron chi connectivity index (χ4n) is 3.31. The van der Waals surface area contributed by atoms with E-state index in [0.717, 1.165) is 22.1 Å². The van der Waals surface area contributed by atoms with Crippen LogP contribution >= 0.6 is 34.9 Å². The van der Waals surface area contributed by atoms with E-state index in [1.807, 2.05) is 6.92 Å². The van der Waals surface area contributed by atoms with Crippen LogP contribution in [-0.4, -0.2) is 75.6 Å². The summed E-state index contributed by atoms with van der Waals surface area (Å²) >= 11 is 4.13. The minimum absolute atomic E-state index is 0.0706. The lowest BCUT2D eigenvalue weighted by molar-refractivity contribution is -0.385. The van der Waals surface area contributed by atoms with E-state index in [4.69, 9.17) is 0 Å². The molecule has 0 aromatic carbocycles. The summed E-state index contributed by atoms with van der Waals surface area (Å²) in [6.45, 7) is 3.32. The zero-order valence-corrected chi connectivity index (χ0v) is 19.6. The number of aliphatic carboxylic acids is 1. The van der Waals surface area contributed by atoms with Gasteiger partial charge in [-0.1, -0.05) is 23.1 Å². The summed E-state index contributed by atoms with van der Waals surface area (Å²) in [5, 5.41) is 35.2. The Morgan fingerprint density at radius 2 is 2.21 bits per heavy atom. The first kappa shape index (κ1) is 23.2. The number of aromatic nitrogens is 4. The van der Waals surface area contributed by atoms with Gasteiger partial charge in [0.1, 0.15) is 40.6 Å². The van der Waals surface area contributed by atoms with Crippen LogP contribution in [0.25, 0.3) is 0 Å². The molecule has 4 rings (SSSR count). The third-order valence-electron chi connectivity index (χ3n) is 5.00. The number of thioether (sulfide) groups is 2. The molecule has 0 aliphatic carbocycles. The van der Waals surface area contributed by atoms with Crippen molar-refractivity contribution in [1.29, 1.82) is 0 Å². The van der Waals surface area contributed by atoms with E-state index in [1.54, 1.807) is 0 Å².